The second-order valence-corrected chi connectivity index (χ2v) is 16.9. The molecule has 2 rings (SSSR count). The Kier molecular flexibility index (Phi) is 33.9. The summed E-state index contributed by atoms with van der Waals surface area (Å²) in [5.41, 5.74) is 0. The summed E-state index contributed by atoms with van der Waals surface area (Å²) in [4.78, 5) is 25.7. The smallest absolute Gasteiger partial charge is 0.306 e. The highest BCUT2D eigenvalue weighted by atomic mass is 16.7. The Morgan fingerprint density at radius 2 is 0.955 bits per heavy atom. The number of hydrogen-bond acceptors (Lipinski definition) is 15. The summed E-state index contributed by atoms with van der Waals surface area (Å²) in [7, 11) is 0. The molecule has 0 saturated carbocycles. The number of carbonyl (C=O) groups excluding carboxylic acids is 2. The largest absolute Gasteiger partial charge is 0.462 e. The van der Waals surface area contributed by atoms with Gasteiger partial charge in [0.25, 0.3) is 0 Å². The third-order valence-corrected chi connectivity index (χ3v) is 11.2. The number of aliphatic hydroxyl groups is 7. The van der Waals surface area contributed by atoms with E-state index in [9.17, 15) is 45.3 Å². The first-order chi connectivity index (χ1) is 32.0. The molecule has 2 fully saturated rings. The third-order valence-electron chi connectivity index (χ3n) is 11.2. The fourth-order valence-corrected chi connectivity index (χ4v) is 7.10. The molecule has 2 heterocycles. The standard InChI is InChI=1S/C51H84O15/c1-3-5-7-9-11-13-15-16-17-18-19-20-21-22-24-26-28-30-32-34-43(54)64-39(36-61-42(53)33-31-29-27-25-23-14-12-10-8-6-4-2)37-62-50-49(60)47(58)45(56)41(66-50)38-63-51-48(59)46(57)44(55)40(35-52)65-51/h5,7,10-13,16-17,19-20,22,24,39-41,44-52,55-60H,3-4,6,8-9,14-15,18,21,23,25-38H2,1-2H3/b7-5+,12-10+,13-11+,17-16+,20-19+,24-22+/t39-,40+,41+,44-,45-,46?,47?,48?,49?,50+,51+/m1/s1. The maximum atomic E-state index is 13.0. The van der Waals surface area contributed by atoms with Gasteiger partial charge >= 0.3 is 11.9 Å². The van der Waals surface area contributed by atoms with Crippen LogP contribution in [0.15, 0.2) is 72.9 Å². The summed E-state index contributed by atoms with van der Waals surface area (Å²) in [6.07, 6.45) is 26.5. The number of allylic oxidation sites excluding steroid dienone is 12. The predicted molar refractivity (Wildman–Crippen MR) is 252 cm³/mol. The lowest BCUT2D eigenvalue weighted by Gasteiger charge is -2.42. The predicted octanol–water partition coefficient (Wildman–Crippen LogP) is 6.26. The summed E-state index contributed by atoms with van der Waals surface area (Å²) in [5, 5.41) is 72.0. The van der Waals surface area contributed by atoms with E-state index in [-0.39, 0.29) is 19.4 Å². The molecule has 0 aromatic rings. The zero-order valence-corrected chi connectivity index (χ0v) is 39.6. The minimum atomic E-state index is -1.78. The Balaban J connectivity index is 1.84. The van der Waals surface area contributed by atoms with E-state index in [2.05, 4.69) is 86.8 Å². The molecule has 0 spiro atoms. The van der Waals surface area contributed by atoms with Crippen molar-refractivity contribution in [1.82, 2.24) is 0 Å². The Morgan fingerprint density at radius 1 is 0.500 bits per heavy atom. The van der Waals surface area contributed by atoms with Crippen molar-refractivity contribution in [2.75, 3.05) is 26.4 Å². The second kappa shape index (κ2) is 37.9. The molecule has 7 N–H and O–H groups in total. The van der Waals surface area contributed by atoms with Crippen LogP contribution in [0.1, 0.15) is 142 Å². The van der Waals surface area contributed by atoms with Crippen molar-refractivity contribution in [2.24, 2.45) is 0 Å². The van der Waals surface area contributed by atoms with Crippen LogP contribution in [0.5, 0.6) is 0 Å². The quantitative estimate of drug-likeness (QED) is 0.0209. The van der Waals surface area contributed by atoms with E-state index in [1.165, 1.54) is 12.8 Å². The molecular weight excluding hydrogens is 853 g/mol. The summed E-state index contributed by atoms with van der Waals surface area (Å²) < 4.78 is 33.5. The minimum absolute atomic E-state index is 0.121. The SMILES string of the molecule is CC/C=C/C/C=C/C/C=C/C/C=C/C/C=C/CCCCCC(=O)O[C@H](COC(=O)CCCCCCC/C=C/CCCC)CO[C@H]1O[C@@H](CO[C@H]2O[C@@H](CO)[C@@H](O)C(O)C2O)[C@@H](O)C(O)C1O. The molecule has 15 nitrogen and oxygen atoms in total. The molecule has 15 heteroatoms. The van der Waals surface area contributed by atoms with Gasteiger partial charge in [0.15, 0.2) is 18.7 Å². The molecule has 0 amide bonds. The van der Waals surface area contributed by atoms with Crippen LogP contribution in [-0.4, -0.2) is 142 Å². The van der Waals surface area contributed by atoms with Gasteiger partial charge < -0.3 is 64.2 Å². The van der Waals surface area contributed by atoms with Crippen molar-refractivity contribution in [2.45, 2.75) is 210 Å². The fraction of sp³-hybridized carbons (Fsp3) is 0.725. The number of unbranched alkanes of at least 4 members (excludes halogenated alkanes) is 10. The molecule has 0 aromatic carbocycles. The Morgan fingerprint density at radius 3 is 1.53 bits per heavy atom. The lowest BCUT2D eigenvalue weighted by molar-refractivity contribution is -0.332. The van der Waals surface area contributed by atoms with E-state index in [1.54, 1.807) is 0 Å². The minimum Gasteiger partial charge on any atom is -0.462 e. The van der Waals surface area contributed by atoms with Crippen LogP contribution in [0.4, 0.5) is 0 Å². The van der Waals surface area contributed by atoms with Gasteiger partial charge in [-0.1, -0.05) is 125 Å². The van der Waals surface area contributed by atoms with E-state index >= 15 is 0 Å². The number of aliphatic hydroxyl groups excluding tert-OH is 7. The molecule has 2 aliphatic heterocycles. The van der Waals surface area contributed by atoms with Crippen LogP contribution < -0.4 is 0 Å². The van der Waals surface area contributed by atoms with Crippen LogP contribution in [0.3, 0.4) is 0 Å². The van der Waals surface area contributed by atoms with Crippen molar-refractivity contribution in [1.29, 1.82) is 0 Å². The van der Waals surface area contributed by atoms with Gasteiger partial charge in [0.1, 0.15) is 55.4 Å². The summed E-state index contributed by atoms with van der Waals surface area (Å²) >= 11 is 0. The van der Waals surface area contributed by atoms with E-state index in [0.29, 0.717) is 12.8 Å². The van der Waals surface area contributed by atoms with Crippen LogP contribution in [0.25, 0.3) is 0 Å². The lowest BCUT2D eigenvalue weighted by atomic mass is 9.98. The molecule has 2 saturated heterocycles. The van der Waals surface area contributed by atoms with Gasteiger partial charge in [-0.15, -0.1) is 0 Å². The van der Waals surface area contributed by atoms with E-state index < -0.39 is 99.3 Å². The van der Waals surface area contributed by atoms with Gasteiger partial charge in [0, 0.05) is 12.8 Å². The number of rotatable bonds is 36. The van der Waals surface area contributed by atoms with E-state index in [4.69, 9.17) is 28.4 Å². The van der Waals surface area contributed by atoms with Gasteiger partial charge in [0.2, 0.25) is 0 Å². The second-order valence-electron chi connectivity index (χ2n) is 16.9. The Hall–Kier alpha value is -3.06. The number of hydrogen-bond donors (Lipinski definition) is 7. The molecule has 0 radical (unpaired) electrons. The summed E-state index contributed by atoms with van der Waals surface area (Å²) in [6.45, 7) is 2.36. The van der Waals surface area contributed by atoms with Gasteiger partial charge in [-0.3, -0.25) is 9.59 Å². The number of esters is 2. The van der Waals surface area contributed by atoms with Crippen LogP contribution in [-0.2, 0) is 38.0 Å². The average molecular weight is 937 g/mol. The summed E-state index contributed by atoms with van der Waals surface area (Å²) in [5.74, 6) is -0.982. The molecule has 11 atom stereocenters. The number of carbonyl (C=O) groups is 2. The van der Waals surface area contributed by atoms with Crippen molar-refractivity contribution in [3.8, 4) is 0 Å². The first-order valence-electron chi connectivity index (χ1n) is 24.5. The first-order valence-corrected chi connectivity index (χ1v) is 24.5. The van der Waals surface area contributed by atoms with Gasteiger partial charge in [0.05, 0.1) is 19.8 Å². The highest BCUT2D eigenvalue weighted by Crippen LogP contribution is 2.26. The Bertz CT molecular complexity index is 1430. The monoisotopic (exact) mass is 937 g/mol. The fourth-order valence-electron chi connectivity index (χ4n) is 7.10. The summed E-state index contributed by atoms with van der Waals surface area (Å²) in [6, 6.07) is 0. The van der Waals surface area contributed by atoms with Crippen molar-refractivity contribution in [3.05, 3.63) is 72.9 Å². The van der Waals surface area contributed by atoms with E-state index in [1.807, 2.05) is 0 Å². The highest BCUT2D eigenvalue weighted by Gasteiger charge is 2.47. The highest BCUT2D eigenvalue weighted by molar-refractivity contribution is 5.70. The van der Waals surface area contributed by atoms with Crippen LogP contribution in [0, 0.1) is 0 Å². The lowest BCUT2D eigenvalue weighted by Crippen LogP contribution is -2.61. The topological polar surface area (TPSA) is 231 Å². The molecule has 0 aliphatic carbocycles. The van der Waals surface area contributed by atoms with Crippen molar-refractivity contribution < 1.29 is 73.8 Å². The van der Waals surface area contributed by atoms with Crippen LogP contribution >= 0.6 is 0 Å². The zero-order valence-electron chi connectivity index (χ0n) is 39.6. The van der Waals surface area contributed by atoms with Crippen molar-refractivity contribution in [3.63, 3.8) is 0 Å². The Labute approximate surface area is 393 Å². The number of ether oxygens (including phenoxy) is 6. The van der Waals surface area contributed by atoms with E-state index in [0.717, 1.165) is 89.9 Å². The van der Waals surface area contributed by atoms with Crippen molar-refractivity contribution >= 4 is 11.9 Å². The van der Waals surface area contributed by atoms with Gasteiger partial charge in [-0.2, -0.15) is 0 Å². The zero-order chi connectivity index (χ0) is 48.2. The average Bonchev–Trinajstić information content (AvgIpc) is 3.31. The third kappa shape index (κ3) is 25.9. The molecule has 2 aliphatic rings. The first kappa shape index (κ1) is 59.1. The maximum Gasteiger partial charge on any atom is 0.306 e. The molecule has 0 bridgehead atoms. The molecule has 0 aromatic heterocycles. The molecule has 4 unspecified atom stereocenters. The van der Waals surface area contributed by atoms with Crippen LogP contribution in [0.2, 0.25) is 0 Å². The van der Waals surface area contributed by atoms with Gasteiger partial charge in [-0.25, -0.2) is 0 Å². The molecule has 378 valence electrons. The molecular formula is C51H84O15. The normalized spacial score (nSPS) is 26.8. The maximum absolute atomic E-state index is 13.0. The van der Waals surface area contributed by atoms with Gasteiger partial charge in [-0.05, 0) is 77.0 Å². The molecule has 66 heavy (non-hydrogen) atoms.